The predicted molar refractivity (Wildman–Crippen MR) is 69.4 cm³/mol. The number of halogens is 3. The molecule has 0 fully saturated rings. The van der Waals surface area contributed by atoms with Gasteiger partial charge in [0.1, 0.15) is 0 Å². The summed E-state index contributed by atoms with van der Waals surface area (Å²) in [7, 11) is 0. The second kappa shape index (κ2) is 6.89. The smallest absolute Gasteiger partial charge is 0.165 e. The number of phenols is 1. The molecule has 1 rings (SSSR count). The van der Waals surface area contributed by atoms with Crippen LogP contribution in [0.2, 0.25) is 0 Å². The quantitative estimate of drug-likeness (QED) is 0.833. The lowest BCUT2D eigenvalue weighted by atomic mass is 10.0. The van der Waals surface area contributed by atoms with Crippen molar-refractivity contribution in [2.45, 2.75) is 18.9 Å². The predicted octanol–water partition coefficient (Wildman–Crippen LogP) is 3.68. The fraction of sp³-hybridized carbons (Fsp3) is 0.273. The summed E-state index contributed by atoms with van der Waals surface area (Å²) in [6.07, 6.45) is 3.09. The van der Waals surface area contributed by atoms with E-state index >= 15 is 0 Å². The third-order valence-electron chi connectivity index (χ3n) is 2.17. The van der Waals surface area contributed by atoms with Crippen LogP contribution < -0.4 is 5.73 Å². The van der Waals surface area contributed by atoms with Gasteiger partial charge in [0, 0.05) is 16.1 Å². The fourth-order valence-corrected chi connectivity index (χ4v) is 1.97. The van der Waals surface area contributed by atoms with E-state index in [-0.39, 0.29) is 18.2 Å². The lowest BCUT2D eigenvalue weighted by molar-refractivity contribution is 0.418. The molecule has 3 N–H and O–H groups in total. The van der Waals surface area contributed by atoms with E-state index in [1.807, 2.05) is 0 Å². The number of aromatic hydroxyl groups is 1. The van der Waals surface area contributed by atoms with Crippen molar-refractivity contribution in [3.05, 3.63) is 40.6 Å². The SMILES string of the molecule is C=CCC[C@@H](N)c1c(Br)ccc(F)c1O.Cl. The first-order chi connectivity index (χ1) is 7.07. The Morgan fingerprint density at radius 1 is 1.56 bits per heavy atom. The van der Waals surface area contributed by atoms with Crippen LogP contribution in [0.25, 0.3) is 0 Å². The van der Waals surface area contributed by atoms with Crippen LogP contribution in [-0.2, 0) is 0 Å². The molecule has 16 heavy (non-hydrogen) atoms. The van der Waals surface area contributed by atoms with Crippen LogP contribution in [0, 0.1) is 5.82 Å². The van der Waals surface area contributed by atoms with Crippen molar-refractivity contribution in [3.63, 3.8) is 0 Å². The molecule has 1 aromatic rings. The van der Waals surface area contributed by atoms with Gasteiger partial charge in [0.15, 0.2) is 11.6 Å². The summed E-state index contributed by atoms with van der Waals surface area (Å²) in [5, 5.41) is 9.54. The average molecular weight is 311 g/mol. The summed E-state index contributed by atoms with van der Waals surface area (Å²) in [6, 6.07) is 2.34. The largest absolute Gasteiger partial charge is 0.505 e. The number of phenolic OH excluding ortho intramolecular Hbond substituents is 1. The van der Waals surface area contributed by atoms with Gasteiger partial charge in [-0.1, -0.05) is 22.0 Å². The highest BCUT2D eigenvalue weighted by Gasteiger charge is 2.17. The summed E-state index contributed by atoms with van der Waals surface area (Å²) < 4.78 is 13.7. The minimum atomic E-state index is -0.651. The summed E-state index contributed by atoms with van der Waals surface area (Å²) in [5.41, 5.74) is 6.26. The Balaban J connectivity index is 0.00000225. The van der Waals surface area contributed by atoms with Gasteiger partial charge in [-0.25, -0.2) is 4.39 Å². The first kappa shape index (κ1) is 15.4. The van der Waals surface area contributed by atoms with Gasteiger partial charge in [0.05, 0.1) is 0 Å². The maximum Gasteiger partial charge on any atom is 0.165 e. The molecule has 0 amide bonds. The van der Waals surface area contributed by atoms with E-state index < -0.39 is 11.9 Å². The maximum atomic E-state index is 13.1. The summed E-state index contributed by atoms with van der Waals surface area (Å²) in [6.45, 7) is 3.58. The van der Waals surface area contributed by atoms with E-state index in [0.717, 1.165) is 6.42 Å². The molecule has 0 bridgehead atoms. The second-order valence-corrected chi connectivity index (χ2v) is 4.12. The Kier molecular flexibility index (Phi) is 6.64. The second-order valence-electron chi connectivity index (χ2n) is 3.26. The summed E-state index contributed by atoms with van der Waals surface area (Å²) in [4.78, 5) is 0. The Morgan fingerprint density at radius 2 is 2.19 bits per heavy atom. The average Bonchev–Trinajstić information content (AvgIpc) is 2.21. The molecule has 0 unspecified atom stereocenters. The topological polar surface area (TPSA) is 46.2 Å². The van der Waals surface area contributed by atoms with Crippen LogP contribution in [0.5, 0.6) is 5.75 Å². The molecule has 5 heteroatoms. The number of benzene rings is 1. The standard InChI is InChI=1S/C11H13BrFNO.ClH/c1-2-3-4-9(14)10-7(12)5-6-8(13)11(10)15;/h2,5-6,9,15H,1,3-4,14H2;1H/t9-;/m1./s1. The van der Waals surface area contributed by atoms with Gasteiger partial charge in [-0.2, -0.15) is 0 Å². The van der Waals surface area contributed by atoms with Crippen molar-refractivity contribution in [1.29, 1.82) is 0 Å². The number of hydrogen-bond donors (Lipinski definition) is 2. The van der Waals surface area contributed by atoms with Crippen molar-refractivity contribution in [2.24, 2.45) is 5.73 Å². The highest BCUT2D eigenvalue weighted by atomic mass is 79.9. The van der Waals surface area contributed by atoms with Gasteiger partial charge in [-0.3, -0.25) is 0 Å². The van der Waals surface area contributed by atoms with Gasteiger partial charge < -0.3 is 10.8 Å². The number of allylic oxidation sites excluding steroid dienone is 1. The van der Waals surface area contributed by atoms with E-state index in [1.54, 1.807) is 6.08 Å². The van der Waals surface area contributed by atoms with Crippen LogP contribution in [0.4, 0.5) is 4.39 Å². The monoisotopic (exact) mass is 309 g/mol. The van der Waals surface area contributed by atoms with Crippen LogP contribution in [0.1, 0.15) is 24.4 Å². The molecule has 0 aliphatic heterocycles. The summed E-state index contributed by atoms with van der Waals surface area (Å²) >= 11 is 3.24. The van der Waals surface area contributed by atoms with Crippen molar-refractivity contribution in [2.75, 3.05) is 0 Å². The van der Waals surface area contributed by atoms with Crippen molar-refractivity contribution < 1.29 is 9.50 Å². The fourth-order valence-electron chi connectivity index (χ4n) is 1.35. The van der Waals surface area contributed by atoms with Gasteiger partial charge in [0.2, 0.25) is 0 Å². The van der Waals surface area contributed by atoms with Crippen LogP contribution in [0.3, 0.4) is 0 Å². The zero-order valence-corrected chi connectivity index (χ0v) is 11.0. The van der Waals surface area contributed by atoms with Crippen molar-refractivity contribution >= 4 is 28.3 Å². The number of nitrogens with two attached hydrogens (primary N) is 1. The minimum Gasteiger partial charge on any atom is -0.505 e. The molecule has 0 aliphatic carbocycles. The van der Waals surface area contributed by atoms with Crippen molar-refractivity contribution in [3.8, 4) is 5.75 Å². The molecular formula is C11H14BrClFNO. The Bertz CT molecular complexity index is 373. The van der Waals surface area contributed by atoms with E-state index in [4.69, 9.17) is 5.73 Å². The Labute approximate surface area is 109 Å². The molecular weight excluding hydrogens is 296 g/mol. The third kappa shape index (κ3) is 3.47. The van der Waals surface area contributed by atoms with E-state index in [2.05, 4.69) is 22.5 Å². The van der Waals surface area contributed by atoms with E-state index in [0.29, 0.717) is 16.5 Å². The lowest BCUT2D eigenvalue weighted by Gasteiger charge is -2.14. The normalized spacial score (nSPS) is 11.7. The molecule has 0 radical (unpaired) electrons. The molecule has 0 aliphatic rings. The highest BCUT2D eigenvalue weighted by molar-refractivity contribution is 9.10. The molecule has 0 saturated heterocycles. The molecule has 0 heterocycles. The van der Waals surface area contributed by atoms with Gasteiger partial charge in [-0.05, 0) is 25.0 Å². The first-order valence-corrected chi connectivity index (χ1v) is 5.40. The highest BCUT2D eigenvalue weighted by Crippen LogP contribution is 2.34. The van der Waals surface area contributed by atoms with Gasteiger partial charge in [0.25, 0.3) is 0 Å². The van der Waals surface area contributed by atoms with Crippen LogP contribution in [-0.4, -0.2) is 5.11 Å². The minimum absolute atomic E-state index is 0. The third-order valence-corrected chi connectivity index (χ3v) is 2.86. The molecule has 1 atom stereocenters. The Morgan fingerprint density at radius 3 is 2.75 bits per heavy atom. The zero-order valence-electron chi connectivity index (χ0n) is 8.62. The molecule has 0 saturated carbocycles. The van der Waals surface area contributed by atoms with Crippen molar-refractivity contribution in [1.82, 2.24) is 0 Å². The lowest BCUT2D eigenvalue weighted by Crippen LogP contribution is -2.11. The molecule has 90 valence electrons. The Hall–Kier alpha value is -0.580. The molecule has 2 nitrogen and oxygen atoms in total. The first-order valence-electron chi connectivity index (χ1n) is 4.61. The number of rotatable bonds is 4. The summed E-state index contributed by atoms with van der Waals surface area (Å²) in [5.74, 6) is -1.02. The zero-order chi connectivity index (χ0) is 11.4. The van der Waals surface area contributed by atoms with Gasteiger partial charge in [-0.15, -0.1) is 19.0 Å². The maximum absolute atomic E-state index is 13.1. The molecule has 0 aromatic heterocycles. The van der Waals surface area contributed by atoms with E-state index in [9.17, 15) is 9.50 Å². The van der Waals surface area contributed by atoms with Crippen LogP contribution in [0.15, 0.2) is 29.3 Å². The molecule has 1 aromatic carbocycles. The van der Waals surface area contributed by atoms with Crippen LogP contribution >= 0.6 is 28.3 Å². The van der Waals surface area contributed by atoms with E-state index in [1.165, 1.54) is 12.1 Å². The number of hydrogen-bond acceptors (Lipinski definition) is 2. The molecule has 0 spiro atoms. The van der Waals surface area contributed by atoms with Gasteiger partial charge >= 0.3 is 0 Å².